The van der Waals surface area contributed by atoms with E-state index in [0.29, 0.717) is 12.8 Å². The minimum Gasteiger partial charge on any atom is -0.497 e. The Hall–Kier alpha value is -3.99. The third-order valence-corrected chi connectivity index (χ3v) is 5.97. The molecule has 0 aliphatic carbocycles. The van der Waals surface area contributed by atoms with Gasteiger partial charge in [0.25, 0.3) is 0 Å². The Balaban J connectivity index is 1.54. The first-order chi connectivity index (χ1) is 16.1. The van der Waals surface area contributed by atoms with E-state index in [9.17, 15) is 4.79 Å². The van der Waals surface area contributed by atoms with Crippen molar-refractivity contribution in [1.29, 1.82) is 0 Å². The van der Waals surface area contributed by atoms with Crippen LogP contribution in [0.3, 0.4) is 0 Å². The summed E-state index contributed by atoms with van der Waals surface area (Å²) in [5.41, 5.74) is 6.02. The normalized spacial score (nSPS) is 14.6. The number of aromatic nitrogens is 2. The number of rotatable bonds is 6. The van der Waals surface area contributed by atoms with Crippen LogP contribution < -0.4 is 14.6 Å². The fourth-order valence-corrected chi connectivity index (χ4v) is 4.30. The Bertz CT molecular complexity index is 1320. The van der Waals surface area contributed by atoms with Crippen molar-refractivity contribution in [3.63, 3.8) is 0 Å². The van der Waals surface area contributed by atoms with E-state index in [1.54, 1.807) is 11.7 Å². The van der Waals surface area contributed by atoms with E-state index < -0.39 is 0 Å². The standard InChI is InChI=1S/C28H25N3O2/c1-19-8-6-12-22(14-19)26-18-31-27(24(29-26)16-20-9-4-3-5-10-20)30-25(28(31)32)17-21-11-7-13-23(15-21)33-2/h3-15,18,25H,16-17H2,1-2H3/p+1. The number of ether oxygens (including phenoxy) is 1. The average Bonchev–Trinajstić information content (AvgIpc) is 3.15. The van der Waals surface area contributed by atoms with Gasteiger partial charge in [0.05, 0.1) is 7.11 Å². The molecule has 1 unspecified atom stereocenters. The number of fused-ring (bicyclic) bond motifs is 1. The molecule has 3 aromatic carbocycles. The highest BCUT2D eigenvalue weighted by atomic mass is 16.5. The fourth-order valence-electron chi connectivity index (χ4n) is 4.30. The summed E-state index contributed by atoms with van der Waals surface area (Å²) in [4.78, 5) is 18.5. The molecule has 5 rings (SSSR count). The maximum Gasteiger partial charge on any atom is 0.359 e. The second kappa shape index (κ2) is 8.87. The topological polar surface area (TPSA) is 55.1 Å². The SMILES string of the molecule is COc1cccc(CC2Nc3c(Cc4ccccc4)nc(-c4cccc(C)c4)c[n+]3C2=O)c1. The minimum atomic E-state index is -0.360. The zero-order chi connectivity index (χ0) is 22.8. The highest BCUT2D eigenvalue weighted by Crippen LogP contribution is 2.26. The number of nitrogens with zero attached hydrogens (tertiary/aromatic N) is 2. The molecule has 0 saturated heterocycles. The van der Waals surface area contributed by atoms with Crippen LogP contribution in [0, 0.1) is 6.92 Å². The molecule has 0 radical (unpaired) electrons. The van der Waals surface area contributed by atoms with Crippen molar-refractivity contribution in [2.24, 2.45) is 0 Å². The van der Waals surface area contributed by atoms with Crippen LogP contribution in [-0.2, 0) is 12.8 Å². The van der Waals surface area contributed by atoms with Crippen LogP contribution in [0.1, 0.15) is 27.2 Å². The van der Waals surface area contributed by atoms with Crippen molar-refractivity contribution in [1.82, 2.24) is 4.98 Å². The number of methoxy groups -OCH3 is 1. The molecule has 2 heterocycles. The molecular weight excluding hydrogens is 410 g/mol. The molecule has 5 nitrogen and oxygen atoms in total. The van der Waals surface area contributed by atoms with E-state index in [2.05, 4.69) is 36.5 Å². The summed E-state index contributed by atoms with van der Waals surface area (Å²) >= 11 is 0. The third-order valence-electron chi connectivity index (χ3n) is 5.97. The van der Waals surface area contributed by atoms with Gasteiger partial charge in [0.15, 0.2) is 6.04 Å². The number of carbonyl (C=O) groups is 1. The van der Waals surface area contributed by atoms with Gasteiger partial charge in [-0.15, -0.1) is 0 Å². The van der Waals surface area contributed by atoms with Gasteiger partial charge in [-0.2, -0.15) is 4.57 Å². The molecule has 4 aromatic rings. The van der Waals surface area contributed by atoms with Gasteiger partial charge >= 0.3 is 11.7 Å². The van der Waals surface area contributed by atoms with Gasteiger partial charge < -0.3 is 4.74 Å². The molecule has 5 heteroatoms. The Morgan fingerprint density at radius 3 is 2.55 bits per heavy atom. The molecule has 164 valence electrons. The second-order valence-electron chi connectivity index (χ2n) is 8.41. The number of benzene rings is 3. The van der Waals surface area contributed by atoms with E-state index in [-0.39, 0.29) is 11.9 Å². The summed E-state index contributed by atoms with van der Waals surface area (Å²) in [6.45, 7) is 2.06. The Kier molecular flexibility index (Phi) is 5.61. The molecule has 0 amide bonds. The van der Waals surface area contributed by atoms with Crippen LogP contribution in [0.4, 0.5) is 5.82 Å². The lowest BCUT2D eigenvalue weighted by Crippen LogP contribution is -2.44. The Morgan fingerprint density at radius 1 is 0.970 bits per heavy atom. The Morgan fingerprint density at radius 2 is 1.76 bits per heavy atom. The van der Waals surface area contributed by atoms with Crippen LogP contribution in [0.5, 0.6) is 5.75 Å². The van der Waals surface area contributed by atoms with Gasteiger partial charge in [-0.25, -0.2) is 9.78 Å². The first kappa shape index (κ1) is 20.9. The molecule has 0 fully saturated rings. The third kappa shape index (κ3) is 4.35. The number of carbonyl (C=O) groups excluding carboxylic acids is 1. The molecule has 1 aliphatic heterocycles. The van der Waals surface area contributed by atoms with Crippen molar-refractivity contribution in [3.05, 3.63) is 107 Å². The zero-order valence-corrected chi connectivity index (χ0v) is 18.8. The van der Waals surface area contributed by atoms with Crippen LogP contribution in [0.25, 0.3) is 11.3 Å². The van der Waals surface area contributed by atoms with Crippen molar-refractivity contribution in [3.8, 4) is 17.0 Å². The maximum atomic E-state index is 13.5. The van der Waals surface area contributed by atoms with Crippen LogP contribution in [0.15, 0.2) is 85.1 Å². The maximum absolute atomic E-state index is 13.5. The van der Waals surface area contributed by atoms with Gasteiger partial charge in [-0.05, 0) is 36.2 Å². The van der Waals surface area contributed by atoms with Crippen molar-refractivity contribution in [2.45, 2.75) is 25.8 Å². The van der Waals surface area contributed by atoms with Gasteiger partial charge in [0, 0.05) is 18.4 Å². The molecule has 1 atom stereocenters. The smallest absolute Gasteiger partial charge is 0.359 e. The largest absolute Gasteiger partial charge is 0.497 e. The summed E-state index contributed by atoms with van der Waals surface area (Å²) in [7, 11) is 1.65. The minimum absolute atomic E-state index is 0.0263. The summed E-state index contributed by atoms with van der Waals surface area (Å²) < 4.78 is 7.09. The first-order valence-electron chi connectivity index (χ1n) is 11.1. The summed E-state index contributed by atoms with van der Waals surface area (Å²) in [6, 6.07) is 25.9. The highest BCUT2D eigenvalue weighted by molar-refractivity contribution is 5.82. The van der Waals surface area contributed by atoms with Crippen LogP contribution >= 0.6 is 0 Å². The quantitative estimate of drug-likeness (QED) is 0.448. The lowest BCUT2D eigenvalue weighted by molar-refractivity contribution is -0.552. The lowest BCUT2D eigenvalue weighted by Gasteiger charge is -2.08. The molecule has 1 aliphatic rings. The molecule has 0 bridgehead atoms. The first-order valence-corrected chi connectivity index (χ1v) is 11.1. The highest BCUT2D eigenvalue weighted by Gasteiger charge is 2.41. The summed E-state index contributed by atoms with van der Waals surface area (Å²) in [5, 5.41) is 3.46. The number of hydrogen-bond acceptors (Lipinski definition) is 4. The molecule has 1 N–H and O–H groups in total. The van der Waals surface area contributed by atoms with Crippen molar-refractivity contribution < 1.29 is 14.1 Å². The monoisotopic (exact) mass is 436 g/mol. The van der Waals surface area contributed by atoms with E-state index in [1.165, 1.54) is 0 Å². The summed E-state index contributed by atoms with van der Waals surface area (Å²) in [6.07, 6.45) is 3.07. The van der Waals surface area contributed by atoms with Crippen LogP contribution in [-0.4, -0.2) is 24.0 Å². The van der Waals surface area contributed by atoms with Gasteiger partial charge in [-0.1, -0.05) is 66.2 Å². The van der Waals surface area contributed by atoms with Gasteiger partial charge in [-0.3, -0.25) is 5.32 Å². The van der Waals surface area contributed by atoms with Gasteiger partial charge in [0.2, 0.25) is 0 Å². The lowest BCUT2D eigenvalue weighted by atomic mass is 10.1. The zero-order valence-electron chi connectivity index (χ0n) is 18.8. The van der Waals surface area contributed by atoms with E-state index in [1.807, 2.05) is 60.8 Å². The second-order valence-corrected chi connectivity index (χ2v) is 8.41. The predicted octanol–water partition coefficient (Wildman–Crippen LogP) is 4.62. The Labute approximate surface area is 193 Å². The van der Waals surface area contributed by atoms with E-state index in [0.717, 1.165) is 45.2 Å². The number of nitrogens with one attached hydrogen (secondary N) is 1. The molecular formula is C28H26N3O2+. The van der Waals surface area contributed by atoms with Crippen molar-refractivity contribution >= 4 is 11.7 Å². The molecule has 0 saturated carbocycles. The number of anilines is 1. The molecule has 33 heavy (non-hydrogen) atoms. The molecule has 1 aromatic heterocycles. The van der Waals surface area contributed by atoms with Gasteiger partial charge in [0.1, 0.15) is 23.3 Å². The predicted molar refractivity (Wildman–Crippen MR) is 129 cm³/mol. The fraction of sp³-hybridized carbons (Fsp3) is 0.179. The van der Waals surface area contributed by atoms with Crippen molar-refractivity contribution in [2.75, 3.05) is 12.4 Å². The molecule has 0 spiro atoms. The average molecular weight is 437 g/mol. The number of hydrogen-bond donors (Lipinski definition) is 1. The van der Waals surface area contributed by atoms with E-state index >= 15 is 0 Å². The number of aryl methyl sites for hydroxylation is 1. The van der Waals surface area contributed by atoms with Crippen LogP contribution in [0.2, 0.25) is 0 Å². The van der Waals surface area contributed by atoms with E-state index in [4.69, 9.17) is 9.72 Å². The summed E-state index contributed by atoms with van der Waals surface area (Å²) in [5.74, 6) is 1.59.